The first-order valence-electron chi connectivity index (χ1n) is 5.96. The molecule has 1 aliphatic carbocycles. The molecule has 0 aromatic carbocycles. The Hall–Kier alpha value is -0.550. The minimum Gasteiger partial charge on any atom is -0.285 e. The summed E-state index contributed by atoms with van der Waals surface area (Å²) in [6.45, 7) is 3.51. The Kier molecular flexibility index (Phi) is 3.08. The molecule has 2 aliphatic rings. The smallest absolute Gasteiger partial charge is 0.0980 e. The second kappa shape index (κ2) is 4.31. The SMILES string of the molecule is CC1CCC(N2CCCC2C#N)CC1. The molecule has 0 amide bonds. The predicted molar refractivity (Wildman–Crippen MR) is 56.8 cm³/mol. The normalized spacial score (nSPS) is 39.6. The zero-order chi connectivity index (χ0) is 9.97. The number of hydrogen-bond acceptors (Lipinski definition) is 2. The molecule has 1 saturated heterocycles. The first-order valence-corrected chi connectivity index (χ1v) is 5.96. The lowest BCUT2D eigenvalue weighted by molar-refractivity contribution is 0.147. The lowest BCUT2D eigenvalue weighted by Gasteiger charge is -2.35. The average molecular weight is 192 g/mol. The van der Waals surface area contributed by atoms with E-state index in [2.05, 4.69) is 17.9 Å². The Morgan fingerprint density at radius 3 is 2.50 bits per heavy atom. The molecule has 2 nitrogen and oxygen atoms in total. The molecule has 1 saturated carbocycles. The van der Waals surface area contributed by atoms with E-state index < -0.39 is 0 Å². The van der Waals surface area contributed by atoms with Gasteiger partial charge in [0.1, 0.15) is 0 Å². The molecule has 1 unspecified atom stereocenters. The van der Waals surface area contributed by atoms with Gasteiger partial charge in [0, 0.05) is 6.04 Å². The molecule has 0 bridgehead atoms. The van der Waals surface area contributed by atoms with Gasteiger partial charge in [-0.05, 0) is 51.0 Å². The van der Waals surface area contributed by atoms with E-state index in [1.807, 2.05) is 0 Å². The minimum atomic E-state index is 0.230. The molecule has 0 spiro atoms. The van der Waals surface area contributed by atoms with Crippen LogP contribution in [0.1, 0.15) is 45.4 Å². The van der Waals surface area contributed by atoms with Crippen molar-refractivity contribution in [3.05, 3.63) is 0 Å². The molecule has 2 heteroatoms. The van der Waals surface area contributed by atoms with E-state index in [1.165, 1.54) is 32.1 Å². The highest BCUT2D eigenvalue weighted by atomic mass is 15.2. The highest BCUT2D eigenvalue weighted by molar-refractivity contribution is 4.98. The number of nitriles is 1. The first kappa shape index (κ1) is 9.98. The van der Waals surface area contributed by atoms with E-state index in [0.29, 0.717) is 0 Å². The summed E-state index contributed by atoms with van der Waals surface area (Å²) in [5.74, 6) is 0.911. The number of likely N-dealkylation sites (tertiary alicyclic amines) is 1. The predicted octanol–water partition coefficient (Wildman–Crippen LogP) is 2.55. The molecular weight excluding hydrogens is 172 g/mol. The summed E-state index contributed by atoms with van der Waals surface area (Å²) in [6.07, 6.45) is 7.68. The maximum absolute atomic E-state index is 9.03. The van der Waals surface area contributed by atoms with Crippen molar-refractivity contribution in [2.24, 2.45) is 5.92 Å². The van der Waals surface area contributed by atoms with E-state index in [1.54, 1.807) is 0 Å². The van der Waals surface area contributed by atoms with Crippen molar-refractivity contribution >= 4 is 0 Å². The molecule has 1 heterocycles. The van der Waals surface area contributed by atoms with E-state index >= 15 is 0 Å². The number of nitrogens with zero attached hydrogens (tertiary/aromatic N) is 2. The van der Waals surface area contributed by atoms with Gasteiger partial charge in [-0.25, -0.2) is 0 Å². The highest BCUT2D eigenvalue weighted by Crippen LogP contribution is 2.31. The Bertz CT molecular complexity index is 223. The van der Waals surface area contributed by atoms with Gasteiger partial charge in [-0.15, -0.1) is 0 Å². The van der Waals surface area contributed by atoms with Crippen molar-refractivity contribution in [3.63, 3.8) is 0 Å². The van der Waals surface area contributed by atoms with Gasteiger partial charge in [-0.3, -0.25) is 4.90 Å². The maximum Gasteiger partial charge on any atom is 0.0980 e. The molecule has 0 aromatic heterocycles. The second-order valence-electron chi connectivity index (χ2n) is 4.94. The van der Waals surface area contributed by atoms with Gasteiger partial charge in [0.2, 0.25) is 0 Å². The Balaban J connectivity index is 1.92. The Labute approximate surface area is 86.9 Å². The van der Waals surface area contributed by atoms with Gasteiger partial charge in [0.25, 0.3) is 0 Å². The van der Waals surface area contributed by atoms with Crippen LogP contribution in [-0.4, -0.2) is 23.5 Å². The van der Waals surface area contributed by atoms with Gasteiger partial charge in [-0.1, -0.05) is 6.92 Å². The Morgan fingerprint density at radius 1 is 1.14 bits per heavy atom. The standard InChI is InChI=1S/C12H20N2/c1-10-4-6-11(7-5-10)14-8-2-3-12(14)9-13/h10-12H,2-8H2,1H3. The fourth-order valence-electron chi connectivity index (χ4n) is 2.94. The third-order valence-corrected chi connectivity index (χ3v) is 3.90. The third kappa shape index (κ3) is 1.93. The van der Waals surface area contributed by atoms with Crippen molar-refractivity contribution in [2.45, 2.75) is 57.5 Å². The molecule has 0 aromatic rings. The van der Waals surface area contributed by atoms with Crippen molar-refractivity contribution in [1.82, 2.24) is 4.90 Å². The molecule has 0 N–H and O–H groups in total. The Morgan fingerprint density at radius 2 is 1.86 bits per heavy atom. The third-order valence-electron chi connectivity index (χ3n) is 3.90. The second-order valence-corrected chi connectivity index (χ2v) is 4.94. The van der Waals surface area contributed by atoms with Crippen LogP contribution in [0.3, 0.4) is 0 Å². The van der Waals surface area contributed by atoms with E-state index in [-0.39, 0.29) is 6.04 Å². The summed E-state index contributed by atoms with van der Waals surface area (Å²) >= 11 is 0. The highest BCUT2D eigenvalue weighted by Gasteiger charge is 2.32. The van der Waals surface area contributed by atoms with Gasteiger partial charge < -0.3 is 0 Å². The minimum absolute atomic E-state index is 0.230. The number of rotatable bonds is 1. The quantitative estimate of drug-likeness (QED) is 0.638. The molecule has 2 fully saturated rings. The van der Waals surface area contributed by atoms with Crippen molar-refractivity contribution in [1.29, 1.82) is 5.26 Å². The van der Waals surface area contributed by atoms with Crippen LogP contribution in [0.5, 0.6) is 0 Å². The summed E-state index contributed by atoms with van der Waals surface area (Å²) in [7, 11) is 0. The average Bonchev–Trinajstić information content (AvgIpc) is 2.67. The summed E-state index contributed by atoms with van der Waals surface area (Å²) in [5.41, 5.74) is 0. The van der Waals surface area contributed by atoms with Crippen molar-refractivity contribution in [2.75, 3.05) is 6.54 Å². The van der Waals surface area contributed by atoms with Crippen LogP contribution in [0.4, 0.5) is 0 Å². The van der Waals surface area contributed by atoms with E-state index in [9.17, 15) is 0 Å². The zero-order valence-corrected chi connectivity index (χ0v) is 9.08. The summed E-state index contributed by atoms with van der Waals surface area (Å²) in [5, 5.41) is 9.03. The first-order chi connectivity index (χ1) is 6.81. The number of hydrogen-bond donors (Lipinski definition) is 0. The van der Waals surface area contributed by atoms with Crippen LogP contribution in [0, 0.1) is 17.2 Å². The molecule has 78 valence electrons. The topological polar surface area (TPSA) is 27.0 Å². The van der Waals surface area contributed by atoms with Crippen LogP contribution >= 0.6 is 0 Å². The summed E-state index contributed by atoms with van der Waals surface area (Å²) in [4.78, 5) is 2.46. The van der Waals surface area contributed by atoms with Crippen LogP contribution in [0.15, 0.2) is 0 Å². The molecule has 0 radical (unpaired) electrons. The maximum atomic E-state index is 9.03. The lowest BCUT2D eigenvalue weighted by atomic mass is 9.86. The van der Waals surface area contributed by atoms with Gasteiger partial charge >= 0.3 is 0 Å². The summed E-state index contributed by atoms with van der Waals surface area (Å²) in [6, 6.07) is 3.40. The van der Waals surface area contributed by atoms with E-state index in [0.717, 1.165) is 24.9 Å². The molecule has 2 rings (SSSR count). The molecule has 14 heavy (non-hydrogen) atoms. The van der Waals surface area contributed by atoms with Crippen LogP contribution in [0.25, 0.3) is 0 Å². The van der Waals surface area contributed by atoms with Gasteiger partial charge in [0.15, 0.2) is 0 Å². The fraction of sp³-hybridized carbons (Fsp3) is 0.917. The lowest BCUT2D eigenvalue weighted by Crippen LogP contribution is -2.40. The monoisotopic (exact) mass is 192 g/mol. The zero-order valence-electron chi connectivity index (χ0n) is 9.08. The molecule has 1 atom stereocenters. The van der Waals surface area contributed by atoms with Gasteiger partial charge in [-0.2, -0.15) is 5.26 Å². The van der Waals surface area contributed by atoms with Crippen molar-refractivity contribution < 1.29 is 0 Å². The fourth-order valence-corrected chi connectivity index (χ4v) is 2.94. The van der Waals surface area contributed by atoms with Crippen molar-refractivity contribution in [3.8, 4) is 6.07 Å². The van der Waals surface area contributed by atoms with Crippen LogP contribution in [0.2, 0.25) is 0 Å². The summed E-state index contributed by atoms with van der Waals surface area (Å²) < 4.78 is 0. The van der Waals surface area contributed by atoms with Gasteiger partial charge in [0.05, 0.1) is 12.1 Å². The van der Waals surface area contributed by atoms with E-state index in [4.69, 9.17) is 5.26 Å². The van der Waals surface area contributed by atoms with Crippen LogP contribution in [-0.2, 0) is 0 Å². The van der Waals surface area contributed by atoms with Crippen LogP contribution < -0.4 is 0 Å². The molecular formula is C12H20N2. The largest absolute Gasteiger partial charge is 0.285 e. The molecule has 1 aliphatic heterocycles.